The van der Waals surface area contributed by atoms with Crippen molar-refractivity contribution in [2.24, 2.45) is 0 Å². The first-order valence-corrected chi connectivity index (χ1v) is 12.1. The highest BCUT2D eigenvalue weighted by molar-refractivity contribution is 7.89. The molecule has 2 aromatic carbocycles. The lowest BCUT2D eigenvalue weighted by molar-refractivity contribution is 0.102. The topological polar surface area (TPSA) is 104 Å². The van der Waals surface area contributed by atoms with Crippen molar-refractivity contribution in [1.82, 2.24) is 14.7 Å². The molecular formula is C22H22N4O3S2. The Balaban J connectivity index is 1.52. The van der Waals surface area contributed by atoms with Crippen LogP contribution in [0.2, 0.25) is 0 Å². The Bertz CT molecular complexity index is 1350. The number of thiazole rings is 1. The largest absolute Gasteiger partial charge is 0.358 e. The number of para-hydroxylation sites is 1. The summed E-state index contributed by atoms with van der Waals surface area (Å²) in [4.78, 5) is 20.7. The number of aromatic amines is 1. The van der Waals surface area contributed by atoms with Gasteiger partial charge in [-0.1, -0.05) is 18.2 Å². The molecule has 4 rings (SSSR count). The summed E-state index contributed by atoms with van der Waals surface area (Å²) in [7, 11) is -3.60. The van der Waals surface area contributed by atoms with Gasteiger partial charge in [0, 0.05) is 39.1 Å². The van der Waals surface area contributed by atoms with Crippen molar-refractivity contribution >= 4 is 43.3 Å². The predicted octanol–water partition coefficient (Wildman–Crippen LogP) is 4.54. The number of aromatic nitrogens is 2. The number of carbonyl (C=O) groups excluding carboxylic acids is 1. The Hall–Kier alpha value is -3.01. The molecule has 160 valence electrons. The van der Waals surface area contributed by atoms with E-state index in [0.717, 1.165) is 27.9 Å². The van der Waals surface area contributed by atoms with E-state index in [2.05, 4.69) is 20.0 Å². The SMILES string of the molecule is Cc1[nH]c2ccccc2c1-c1csc(NC(=O)c2ccc(S(=O)(=O)NC(C)C)cc2)n1. The zero-order chi connectivity index (χ0) is 22.2. The monoisotopic (exact) mass is 454 g/mol. The van der Waals surface area contributed by atoms with E-state index in [9.17, 15) is 13.2 Å². The van der Waals surface area contributed by atoms with Crippen molar-refractivity contribution in [3.63, 3.8) is 0 Å². The first-order valence-electron chi connectivity index (χ1n) is 9.71. The molecule has 4 aromatic rings. The molecule has 0 saturated carbocycles. The number of fused-ring (bicyclic) bond motifs is 1. The number of H-pyrrole nitrogens is 1. The van der Waals surface area contributed by atoms with Crippen molar-refractivity contribution in [2.45, 2.75) is 31.7 Å². The Kier molecular flexibility index (Phi) is 5.65. The Morgan fingerprint density at radius 1 is 1.10 bits per heavy atom. The number of anilines is 1. The molecular weight excluding hydrogens is 432 g/mol. The van der Waals surface area contributed by atoms with E-state index in [1.54, 1.807) is 13.8 Å². The van der Waals surface area contributed by atoms with Crippen LogP contribution in [0.4, 0.5) is 5.13 Å². The maximum atomic E-state index is 12.6. The molecule has 2 aromatic heterocycles. The number of carbonyl (C=O) groups is 1. The molecule has 0 bridgehead atoms. The fraction of sp³-hybridized carbons (Fsp3) is 0.182. The number of sulfonamides is 1. The van der Waals surface area contributed by atoms with Crippen LogP contribution in [-0.4, -0.2) is 30.3 Å². The third kappa shape index (κ3) is 4.39. The highest BCUT2D eigenvalue weighted by Gasteiger charge is 2.17. The third-order valence-electron chi connectivity index (χ3n) is 4.69. The summed E-state index contributed by atoms with van der Waals surface area (Å²) < 4.78 is 27.0. The summed E-state index contributed by atoms with van der Waals surface area (Å²) in [5.74, 6) is -0.350. The average molecular weight is 455 g/mol. The van der Waals surface area contributed by atoms with Gasteiger partial charge >= 0.3 is 0 Å². The lowest BCUT2D eigenvalue weighted by Crippen LogP contribution is -2.30. The van der Waals surface area contributed by atoms with Gasteiger partial charge in [0.25, 0.3) is 5.91 Å². The maximum absolute atomic E-state index is 12.6. The Labute approximate surface area is 184 Å². The van der Waals surface area contributed by atoms with Gasteiger partial charge in [0.05, 0.1) is 10.6 Å². The third-order valence-corrected chi connectivity index (χ3v) is 7.12. The zero-order valence-electron chi connectivity index (χ0n) is 17.3. The fourth-order valence-electron chi connectivity index (χ4n) is 3.39. The highest BCUT2D eigenvalue weighted by atomic mass is 32.2. The van der Waals surface area contributed by atoms with Gasteiger partial charge in [-0.25, -0.2) is 18.1 Å². The van der Waals surface area contributed by atoms with E-state index in [1.807, 2.05) is 36.6 Å². The predicted molar refractivity (Wildman–Crippen MR) is 124 cm³/mol. The molecule has 0 aliphatic heterocycles. The molecule has 31 heavy (non-hydrogen) atoms. The molecule has 0 aliphatic carbocycles. The summed E-state index contributed by atoms with van der Waals surface area (Å²) in [5, 5.41) is 6.25. The molecule has 0 atom stereocenters. The number of rotatable bonds is 6. The maximum Gasteiger partial charge on any atom is 0.257 e. The first-order chi connectivity index (χ1) is 14.7. The number of nitrogens with zero attached hydrogens (tertiary/aromatic N) is 1. The van der Waals surface area contributed by atoms with Crippen LogP contribution in [0.25, 0.3) is 22.2 Å². The van der Waals surface area contributed by atoms with Crippen molar-refractivity contribution in [1.29, 1.82) is 0 Å². The number of hydrogen-bond donors (Lipinski definition) is 3. The minimum Gasteiger partial charge on any atom is -0.358 e. The molecule has 2 heterocycles. The van der Waals surface area contributed by atoms with Gasteiger partial charge in [-0.05, 0) is 51.1 Å². The van der Waals surface area contributed by atoms with Crippen molar-refractivity contribution in [3.05, 3.63) is 65.2 Å². The average Bonchev–Trinajstić information content (AvgIpc) is 3.29. The molecule has 0 saturated heterocycles. The van der Waals surface area contributed by atoms with Crippen LogP contribution < -0.4 is 10.0 Å². The molecule has 0 aliphatic rings. The van der Waals surface area contributed by atoms with Crippen LogP contribution in [0.1, 0.15) is 29.9 Å². The summed E-state index contributed by atoms with van der Waals surface area (Å²) in [6.07, 6.45) is 0. The summed E-state index contributed by atoms with van der Waals surface area (Å²) in [6, 6.07) is 13.6. The Morgan fingerprint density at radius 3 is 2.52 bits per heavy atom. The number of hydrogen-bond acceptors (Lipinski definition) is 5. The zero-order valence-corrected chi connectivity index (χ0v) is 18.9. The quantitative estimate of drug-likeness (QED) is 0.398. The fourth-order valence-corrected chi connectivity index (χ4v) is 5.33. The van der Waals surface area contributed by atoms with Gasteiger partial charge < -0.3 is 4.98 Å². The molecule has 0 radical (unpaired) electrons. The van der Waals surface area contributed by atoms with E-state index in [0.29, 0.717) is 10.7 Å². The standard InChI is InChI=1S/C22H22N4O3S2/c1-13(2)26-31(28,29)16-10-8-15(9-11-16)21(27)25-22-24-19(12-30-22)20-14(3)23-18-7-5-4-6-17(18)20/h4-13,23,26H,1-3H3,(H,24,25,27). The molecule has 9 heteroatoms. The summed E-state index contributed by atoms with van der Waals surface area (Å²) in [5.41, 5.74) is 4.20. The second-order valence-corrected chi connectivity index (χ2v) is 10.0. The van der Waals surface area contributed by atoms with Gasteiger partial charge in [-0.2, -0.15) is 0 Å². The molecule has 0 spiro atoms. The van der Waals surface area contributed by atoms with E-state index < -0.39 is 10.0 Å². The Morgan fingerprint density at radius 2 is 1.81 bits per heavy atom. The lowest BCUT2D eigenvalue weighted by atomic mass is 10.1. The minimum absolute atomic E-state index is 0.115. The van der Waals surface area contributed by atoms with Crippen LogP contribution in [-0.2, 0) is 10.0 Å². The summed E-state index contributed by atoms with van der Waals surface area (Å²) >= 11 is 1.34. The van der Waals surface area contributed by atoms with Crippen LogP contribution in [0.15, 0.2) is 58.8 Å². The number of benzene rings is 2. The van der Waals surface area contributed by atoms with Crippen molar-refractivity contribution < 1.29 is 13.2 Å². The smallest absolute Gasteiger partial charge is 0.257 e. The molecule has 7 nitrogen and oxygen atoms in total. The summed E-state index contributed by atoms with van der Waals surface area (Å²) in [6.45, 7) is 5.50. The second-order valence-electron chi connectivity index (χ2n) is 7.46. The van der Waals surface area contributed by atoms with Crippen LogP contribution in [0.5, 0.6) is 0 Å². The second kappa shape index (κ2) is 8.26. The van der Waals surface area contributed by atoms with Gasteiger partial charge in [-0.3, -0.25) is 10.1 Å². The molecule has 3 N–H and O–H groups in total. The van der Waals surface area contributed by atoms with Crippen LogP contribution in [0, 0.1) is 6.92 Å². The lowest BCUT2D eigenvalue weighted by Gasteiger charge is -2.10. The highest BCUT2D eigenvalue weighted by Crippen LogP contribution is 2.34. The van der Waals surface area contributed by atoms with Gasteiger partial charge in [0.15, 0.2) is 5.13 Å². The number of amides is 1. The molecule has 0 unspecified atom stereocenters. The van der Waals surface area contributed by atoms with Gasteiger partial charge in [0.1, 0.15) is 0 Å². The van der Waals surface area contributed by atoms with Gasteiger partial charge in [0.2, 0.25) is 10.0 Å². The number of nitrogens with one attached hydrogen (secondary N) is 3. The normalized spacial score (nSPS) is 11.9. The van der Waals surface area contributed by atoms with Crippen molar-refractivity contribution in [2.75, 3.05) is 5.32 Å². The van der Waals surface area contributed by atoms with E-state index in [-0.39, 0.29) is 16.8 Å². The van der Waals surface area contributed by atoms with Gasteiger partial charge in [-0.15, -0.1) is 11.3 Å². The van der Waals surface area contributed by atoms with E-state index in [1.165, 1.54) is 35.6 Å². The van der Waals surface area contributed by atoms with E-state index >= 15 is 0 Å². The molecule has 0 fully saturated rings. The molecule has 1 amide bonds. The van der Waals surface area contributed by atoms with Crippen LogP contribution in [0.3, 0.4) is 0 Å². The van der Waals surface area contributed by atoms with Crippen molar-refractivity contribution in [3.8, 4) is 11.3 Å². The van der Waals surface area contributed by atoms with E-state index in [4.69, 9.17) is 0 Å². The number of aryl methyl sites for hydroxylation is 1. The minimum atomic E-state index is -3.60. The first kappa shape index (κ1) is 21.2. The van der Waals surface area contributed by atoms with Crippen LogP contribution >= 0.6 is 11.3 Å².